The SMILES string of the molecule is O=C(Nc1ccc2c(c1)OC(F)(F)O2)N(C[C@@H]1CCOC1)C1CC1. The number of carbonyl (C=O) groups is 1. The van der Waals surface area contributed by atoms with E-state index in [1.54, 1.807) is 0 Å². The van der Waals surface area contributed by atoms with Gasteiger partial charge in [0.25, 0.3) is 0 Å². The van der Waals surface area contributed by atoms with Gasteiger partial charge in [-0.2, -0.15) is 0 Å². The van der Waals surface area contributed by atoms with Crippen LogP contribution in [0.5, 0.6) is 11.5 Å². The lowest BCUT2D eigenvalue weighted by Gasteiger charge is -2.25. The fourth-order valence-electron chi connectivity index (χ4n) is 3.01. The van der Waals surface area contributed by atoms with E-state index < -0.39 is 6.29 Å². The van der Waals surface area contributed by atoms with Crippen LogP contribution in [0.2, 0.25) is 0 Å². The minimum absolute atomic E-state index is 0.0415. The van der Waals surface area contributed by atoms with E-state index in [-0.39, 0.29) is 23.6 Å². The molecule has 1 aromatic carbocycles. The molecule has 4 rings (SSSR count). The molecule has 1 N–H and O–H groups in total. The Morgan fingerprint density at radius 3 is 2.75 bits per heavy atom. The summed E-state index contributed by atoms with van der Waals surface area (Å²) in [7, 11) is 0. The number of ether oxygens (including phenoxy) is 3. The Balaban J connectivity index is 1.43. The van der Waals surface area contributed by atoms with Gasteiger partial charge in [-0.05, 0) is 31.4 Å². The third-order valence-corrected chi connectivity index (χ3v) is 4.38. The monoisotopic (exact) mass is 340 g/mol. The summed E-state index contributed by atoms with van der Waals surface area (Å²) < 4.78 is 40.2. The number of benzene rings is 1. The summed E-state index contributed by atoms with van der Waals surface area (Å²) in [5.41, 5.74) is 0.397. The predicted octanol–water partition coefficient (Wildman–Crippen LogP) is 3.04. The van der Waals surface area contributed by atoms with E-state index in [0.29, 0.717) is 24.8 Å². The lowest BCUT2D eigenvalue weighted by molar-refractivity contribution is -0.286. The molecule has 8 heteroatoms. The molecule has 1 saturated heterocycles. The summed E-state index contributed by atoms with van der Waals surface area (Å²) in [6.45, 7) is 2.07. The zero-order chi connectivity index (χ0) is 16.7. The normalized spacial score (nSPS) is 24.0. The van der Waals surface area contributed by atoms with Gasteiger partial charge in [0.2, 0.25) is 0 Å². The number of hydrogen-bond donors (Lipinski definition) is 1. The van der Waals surface area contributed by atoms with Crippen LogP contribution >= 0.6 is 0 Å². The van der Waals surface area contributed by atoms with Gasteiger partial charge >= 0.3 is 12.3 Å². The molecule has 0 radical (unpaired) electrons. The molecular weight excluding hydrogens is 322 g/mol. The number of nitrogens with one attached hydrogen (secondary N) is 1. The number of fused-ring (bicyclic) bond motifs is 1. The molecule has 2 aliphatic heterocycles. The molecule has 6 nitrogen and oxygen atoms in total. The van der Waals surface area contributed by atoms with Gasteiger partial charge in [-0.25, -0.2) is 4.79 Å². The molecule has 2 amide bonds. The van der Waals surface area contributed by atoms with Crippen molar-refractivity contribution in [1.29, 1.82) is 0 Å². The van der Waals surface area contributed by atoms with Gasteiger partial charge in [0.15, 0.2) is 11.5 Å². The Morgan fingerprint density at radius 1 is 1.25 bits per heavy atom. The quantitative estimate of drug-likeness (QED) is 0.915. The Kier molecular flexibility index (Phi) is 3.71. The van der Waals surface area contributed by atoms with E-state index in [1.165, 1.54) is 18.2 Å². The molecule has 130 valence electrons. The van der Waals surface area contributed by atoms with Crippen LogP contribution in [0.3, 0.4) is 0 Å². The Hall–Kier alpha value is -2.09. The molecule has 1 aliphatic carbocycles. The van der Waals surface area contributed by atoms with Crippen LogP contribution in [0, 0.1) is 5.92 Å². The number of nitrogens with zero attached hydrogens (tertiary/aromatic N) is 1. The highest BCUT2D eigenvalue weighted by atomic mass is 19.3. The Morgan fingerprint density at radius 2 is 2.04 bits per heavy atom. The van der Waals surface area contributed by atoms with Crippen molar-refractivity contribution in [2.75, 3.05) is 25.1 Å². The van der Waals surface area contributed by atoms with Crippen LogP contribution in [-0.4, -0.2) is 43.0 Å². The van der Waals surface area contributed by atoms with Crippen molar-refractivity contribution in [2.45, 2.75) is 31.6 Å². The molecule has 0 aromatic heterocycles. The van der Waals surface area contributed by atoms with E-state index in [1.807, 2.05) is 4.90 Å². The smallest absolute Gasteiger partial charge is 0.395 e. The van der Waals surface area contributed by atoms with E-state index in [9.17, 15) is 13.6 Å². The van der Waals surface area contributed by atoms with Crippen LogP contribution in [-0.2, 0) is 4.74 Å². The average molecular weight is 340 g/mol. The number of halogens is 2. The zero-order valence-electron chi connectivity index (χ0n) is 13.0. The van der Waals surface area contributed by atoms with Gasteiger partial charge in [-0.1, -0.05) is 0 Å². The van der Waals surface area contributed by atoms with Crippen LogP contribution < -0.4 is 14.8 Å². The third-order valence-electron chi connectivity index (χ3n) is 4.38. The molecule has 24 heavy (non-hydrogen) atoms. The Labute approximate surface area is 137 Å². The van der Waals surface area contributed by atoms with Crippen molar-refractivity contribution < 1.29 is 27.8 Å². The summed E-state index contributed by atoms with van der Waals surface area (Å²) in [6.07, 6.45) is -0.716. The van der Waals surface area contributed by atoms with E-state index in [2.05, 4.69) is 14.8 Å². The maximum Gasteiger partial charge on any atom is 0.586 e. The fourth-order valence-corrected chi connectivity index (χ4v) is 3.01. The standard InChI is InChI=1S/C16H18F2N2O4/c17-16(18)23-13-4-1-11(7-14(13)24-16)19-15(21)20(12-2-3-12)8-10-5-6-22-9-10/h1,4,7,10,12H,2-3,5-6,8-9H2,(H,19,21)/t10-/m0/s1. The number of urea groups is 1. The van der Waals surface area contributed by atoms with Crippen molar-refractivity contribution in [1.82, 2.24) is 4.90 Å². The maximum atomic E-state index is 13.0. The van der Waals surface area contributed by atoms with E-state index in [4.69, 9.17) is 4.74 Å². The minimum atomic E-state index is -3.66. The number of amides is 2. The van der Waals surface area contributed by atoms with Crippen molar-refractivity contribution in [2.24, 2.45) is 5.92 Å². The zero-order valence-corrected chi connectivity index (χ0v) is 13.0. The highest BCUT2D eigenvalue weighted by Gasteiger charge is 2.43. The number of hydrogen-bond acceptors (Lipinski definition) is 4. The predicted molar refractivity (Wildman–Crippen MR) is 80.3 cm³/mol. The van der Waals surface area contributed by atoms with Crippen LogP contribution in [0.25, 0.3) is 0 Å². The molecule has 1 atom stereocenters. The number of anilines is 1. The Bertz CT molecular complexity index is 645. The molecule has 2 fully saturated rings. The van der Waals surface area contributed by atoms with Crippen molar-refractivity contribution in [3.8, 4) is 11.5 Å². The highest BCUT2D eigenvalue weighted by molar-refractivity contribution is 5.90. The second-order valence-corrected chi connectivity index (χ2v) is 6.37. The topological polar surface area (TPSA) is 60.0 Å². The maximum absolute atomic E-state index is 13.0. The first-order valence-corrected chi connectivity index (χ1v) is 8.05. The van der Waals surface area contributed by atoms with Crippen LogP contribution in [0.1, 0.15) is 19.3 Å². The largest absolute Gasteiger partial charge is 0.586 e. The second kappa shape index (κ2) is 5.77. The molecule has 2 heterocycles. The van der Waals surface area contributed by atoms with Crippen LogP contribution in [0.4, 0.5) is 19.3 Å². The lowest BCUT2D eigenvalue weighted by atomic mass is 10.1. The first-order valence-electron chi connectivity index (χ1n) is 8.05. The van der Waals surface area contributed by atoms with E-state index in [0.717, 1.165) is 25.9 Å². The van der Waals surface area contributed by atoms with Gasteiger partial charge in [0.05, 0.1) is 6.61 Å². The molecule has 3 aliphatic rings. The summed E-state index contributed by atoms with van der Waals surface area (Å²) in [5.74, 6) is 0.229. The second-order valence-electron chi connectivity index (χ2n) is 6.37. The van der Waals surface area contributed by atoms with Gasteiger partial charge < -0.3 is 24.4 Å². The lowest BCUT2D eigenvalue weighted by Crippen LogP contribution is -2.40. The van der Waals surface area contributed by atoms with Gasteiger partial charge in [0.1, 0.15) is 0 Å². The highest BCUT2D eigenvalue weighted by Crippen LogP contribution is 2.42. The van der Waals surface area contributed by atoms with Gasteiger partial charge in [0, 0.05) is 36.9 Å². The summed E-state index contributed by atoms with van der Waals surface area (Å²) in [6, 6.07) is 4.25. The average Bonchev–Trinajstić information content (AvgIpc) is 3.12. The number of rotatable bonds is 4. The first-order chi connectivity index (χ1) is 11.5. The summed E-state index contributed by atoms with van der Waals surface area (Å²) in [5, 5.41) is 2.76. The number of carbonyl (C=O) groups excluding carboxylic acids is 1. The van der Waals surface area contributed by atoms with Crippen molar-refractivity contribution in [3.63, 3.8) is 0 Å². The molecule has 1 aromatic rings. The summed E-state index contributed by atoms with van der Waals surface area (Å²) in [4.78, 5) is 14.4. The third kappa shape index (κ3) is 3.24. The first kappa shape index (κ1) is 15.4. The van der Waals surface area contributed by atoms with E-state index >= 15 is 0 Å². The van der Waals surface area contributed by atoms with Gasteiger partial charge in [-0.3, -0.25) is 0 Å². The number of alkyl halides is 2. The molecular formula is C16H18F2N2O4. The van der Waals surface area contributed by atoms with Gasteiger partial charge in [-0.15, -0.1) is 8.78 Å². The van der Waals surface area contributed by atoms with Crippen molar-refractivity contribution >= 4 is 11.7 Å². The van der Waals surface area contributed by atoms with Crippen LogP contribution in [0.15, 0.2) is 18.2 Å². The minimum Gasteiger partial charge on any atom is -0.395 e. The van der Waals surface area contributed by atoms with Crippen molar-refractivity contribution in [3.05, 3.63) is 18.2 Å². The summed E-state index contributed by atoms with van der Waals surface area (Å²) >= 11 is 0. The molecule has 0 unspecified atom stereocenters. The fraction of sp³-hybridized carbons (Fsp3) is 0.562. The molecule has 0 bridgehead atoms. The molecule has 0 spiro atoms. The molecule has 1 saturated carbocycles.